The van der Waals surface area contributed by atoms with Gasteiger partial charge in [0.05, 0.1) is 10.0 Å². The summed E-state index contributed by atoms with van der Waals surface area (Å²) in [6.07, 6.45) is 0. The van der Waals surface area contributed by atoms with Gasteiger partial charge in [0.1, 0.15) is 16.5 Å². The standard InChI is InChI=1S/C13H8Br2ClNOS/c14-7-1-3-9(13(17)19)12(5-7)18-11-4-2-8(16)6-10(11)15/h1-6H,(H2,17,19). The fourth-order valence-electron chi connectivity index (χ4n) is 1.46. The molecular formula is C13H8Br2ClNOS. The van der Waals surface area contributed by atoms with E-state index in [-0.39, 0.29) is 4.99 Å². The number of rotatable bonds is 3. The molecule has 19 heavy (non-hydrogen) atoms. The van der Waals surface area contributed by atoms with Gasteiger partial charge in [0, 0.05) is 9.50 Å². The van der Waals surface area contributed by atoms with Crippen molar-refractivity contribution >= 4 is 60.7 Å². The largest absolute Gasteiger partial charge is 0.455 e. The summed E-state index contributed by atoms with van der Waals surface area (Å²) in [4.78, 5) is 0.285. The molecule has 2 N–H and O–H groups in total. The molecule has 0 unspecified atom stereocenters. The topological polar surface area (TPSA) is 35.2 Å². The second-order valence-electron chi connectivity index (χ2n) is 3.68. The molecule has 2 rings (SSSR count). The van der Waals surface area contributed by atoms with Gasteiger partial charge >= 0.3 is 0 Å². The molecule has 98 valence electrons. The van der Waals surface area contributed by atoms with Gasteiger partial charge in [-0.1, -0.05) is 39.7 Å². The number of nitrogens with two attached hydrogens (primary N) is 1. The molecule has 0 heterocycles. The summed E-state index contributed by atoms with van der Waals surface area (Å²) in [7, 11) is 0. The fourth-order valence-corrected chi connectivity index (χ4v) is 2.73. The van der Waals surface area contributed by atoms with Gasteiger partial charge in [-0.3, -0.25) is 0 Å². The van der Waals surface area contributed by atoms with Gasteiger partial charge in [0.25, 0.3) is 0 Å². The molecule has 0 atom stereocenters. The molecule has 2 aromatic rings. The lowest BCUT2D eigenvalue weighted by Gasteiger charge is -2.12. The Morgan fingerprint density at radius 3 is 2.47 bits per heavy atom. The minimum Gasteiger partial charge on any atom is -0.455 e. The van der Waals surface area contributed by atoms with Crippen molar-refractivity contribution in [1.29, 1.82) is 0 Å². The van der Waals surface area contributed by atoms with Crippen molar-refractivity contribution in [3.8, 4) is 11.5 Å². The second-order valence-corrected chi connectivity index (χ2v) is 6.33. The molecule has 2 aromatic carbocycles. The Kier molecular flexibility index (Phi) is 4.84. The summed E-state index contributed by atoms with van der Waals surface area (Å²) in [5, 5.41) is 0.628. The lowest BCUT2D eigenvalue weighted by Crippen LogP contribution is -2.10. The first kappa shape index (κ1) is 14.8. The van der Waals surface area contributed by atoms with E-state index in [0.29, 0.717) is 22.1 Å². The van der Waals surface area contributed by atoms with Crippen LogP contribution in [0.4, 0.5) is 0 Å². The van der Waals surface area contributed by atoms with Crippen molar-refractivity contribution in [3.05, 3.63) is 55.9 Å². The summed E-state index contributed by atoms with van der Waals surface area (Å²) in [5.74, 6) is 1.23. The smallest absolute Gasteiger partial charge is 0.141 e. The summed E-state index contributed by atoms with van der Waals surface area (Å²) < 4.78 is 7.47. The van der Waals surface area contributed by atoms with Crippen LogP contribution in [0.2, 0.25) is 5.02 Å². The van der Waals surface area contributed by atoms with E-state index in [1.165, 1.54) is 0 Å². The van der Waals surface area contributed by atoms with Crippen LogP contribution < -0.4 is 10.5 Å². The number of hydrogen-bond donors (Lipinski definition) is 1. The van der Waals surface area contributed by atoms with Crippen LogP contribution in [0, 0.1) is 0 Å². The third-order valence-corrected chi connectivity index (χ3v) is 3.89. The molecule has 0 radical (unpaired) electrons. The maximum Gasteiger partial charge on any atom is 0.141 e. The van der Waals surface area contributed by atoms with Crippen LogP contribution >= 0.6 is 55.7 Å². The molecule has 0 aromatic heterocycles. The Hall–Kier alpha value is -0.620. The maximum absolute atomic E-state index is 5.89. The van der Waals surface area contributed by atoms with Gasteiger partial charge in [-0.15, -0.1) is 0 Å². The average Bonchev–Trinajstić information content (AvgIpc) is 2.32. The van der Waals surface area contributed by atoms with Gasteiger partial charge in [-0.25, -0.2) is 0 Å². The zero-order valence-electron chi connectivity index (χ0n) is 9.49. The van der Waals surface area contributed by atoms with Crippen LogP contribution in [-0.4, -0.2) is 4.99 Å². The zero-order valence-corrected chi connectivity index (χ0v) is 14.2. The molecule has 0 fully saturated rings. The molecule has 0 amide bonds. The van der Waals surface area contributed by atoms with Gasteiger partial charge in [-0.05, 0) is 52.3 Å². The molecule has 0 saturated carbocycles. The van der Waals surface area contributed by atoms with Crippen LogP contribution in [0.1, 0.15) is 5.56 Å². The fraction of sp³-hybridized carbons (Fsp3) is 0. The third kappa shape index (κ3) is 3.69. The van der Waals surface area contributed by atoms with Crippen molar-refractivity contribution in [3.63, 3.8) is 0 Å². The van der Waals surface area contributed by atoms with Crippen molar-refractivity contribution in [2.45, 2.75) is 0 Å². The van der Waals surface area contributed by atoms with Gasteiger partial charge in [0.2, 0.25) is 0 Å². The van der Waals surface area contributed by atoms with Crippen molar-refractivity contribution in [1.82, 2.24) is 0 Å². The zero-order chi connectivity index (χ0) is 14.0. The van der Waals surface area contributed by atoms with Gasteiger partial charge in [0.15, 0.2) is 0 Å². The number of ether oxygens (including phenoxy) is 1. The summed E-state index contributed by atoms with van der Waals surface area (Å²) in [5.41, 5.74) is 6.36. The molecule has 2 nitrogen and oxygen atoms in total. The Balaban J connectivity index is 2.42. The van der Waals surface area contributed by atoms with Crippen LogP contribution in [-0.2, 0) is 0 Å². The average molecular weight is 422 g/mol. The lowest BCUT2D eigenvalue weighted by atomic mass is 10.2. The van der Waals surface area contributed by atoms with E-state index >= 15 is 0 Å². The van der Waals surface area contributed by atoms with E-state index < -0.39 is 0 Å². The predicted molar refractivity (Wildman–Crippen MR) is 89.3 cm³/mol. The molecule has 0 bridgehead atoms. The first-order valence-corrected chi connectivity index (χ1v) is 7.57. The van der Waals surface area contributed by atoms with E-state index in [0.717, 1.165) is 8.95 Å². The Morgan fingerprint density at radius 2 is 1.84 bits per heavy atom. The monoisotopic (exact) mass is 419 g/mol. The second kappa shape index (κ2) is 6.22. The predicted octanol–water partition coefficient (Wildman–Crippen LogP) is 5.29. The third-order valence-electron chi connectivity index (χ3n) is 2.32. The highest BCUT2D eigenvalue weighted by Crippen LogP contribution is 2.34. The van der Waals surface area contributed by atoms with E-state index in [1.54, 1.807) is 18.2 Å². The number of halogens is 3. The number of thiocarbonyl (C=S) groups is 1. The molecule has 0 aliphatic carbocycles. The molecule has 0 aliphatic heterocycles. The Morgan fingerprint density at radius 1 is 1.11 bits per heavy atom. The number of hydrogen-bond acceptors (Lipinski definition) is 2. The highest BCUT2D eigenvalue weighted by Gasteiger charge is 2.10. The van der Waals surface area contributed by atoms with E-state index in [4.69, 9.17) is 34.3 Å². The highest BCUT2D eigenvalue weighted by molar-refractivity contribution is 9.10. The van der Waals surface area contributed by atoms with Crippen LogP contribution in [0.15, 0.2) is 45.3 Å². The summed E-state index contributed by atoms with van der Waals surface area (Å²) in [6.45, 7) is 0. The van der Waals surface area contributed by atoms with Crippen molar-refractivity contribution in [2.24, 2.45) is 5.73 Å². The van der Waals surface area contributed by atoms with E-state index in [2.05, 4.69) is 31.9 Å². The van der Waals surface area contributed by atoms with Crippen LogP contribution in [0.25, 0.3) is 0 Å². The summed E-state index contributed by atoms with van der Waals surface area (Å²) in [6, 6.07) is 10.8. The SMILES string of the molecule is NC(=S)c1ccc(Br)cc1Oc1ccc(Cl)cc1Br. The van der Waals surface area contributed by atoms with Gasteiger partial charge < -0.3 is 10.5 Å². The van der Waals surface area contributed by atoms with Crippen LogP contribution in [0.5, 0.6) is 11.5 Å². The number of benzene rings is 2. The normalized spacial score (nSPS) is 10.3. The Labute approximate surface area is 138 Å². The first-order valence-electron chi connectivity index (χ1n) is 5.19. The molecule has 0 aliphatic rings. The van der Waals surface area contributed by atoms with E-state index in [1.807, 2.05) is 18.2 Å². The maximum atomic E-state index is 5.89. The van der Waals surface area contributed by atoms with Crippen molar-refractivity contribution in [2.75, 3.05) is 0 Å². The quantitative estimate of drug-likeness (QED) is 0.684. The molecule has 0 spiro atoms. The van der Waals surface area contributed by atoms with E-state index in [9.17, 15) is 0 Å². The molecular weight excluding hydrogens is 413 g/mol. The first-order chi connectivity index (χ1) is 8.97. The van der Waals surface area contributed by atoms with Crippen LogP contribution in [0.3, 0.4) is 0 Å². The summed E-state index contributed by atoms with van der Waals surface area (Å²) >= 11 is 17.7. The minimum atomic E-state index is 0.285. The minimum absolute atomic E-state index is 0.285. The Bertz CT molecular complexity index is 649. The molecule has 0 saturated heterocycles. The van der Waals surface area contributed by atoms with Crippen molar-refractivity contribution < 1.29 is 4.74 Å². The van der Waals surface area contributed by atoms with Gasteiger partial charge in [-0.2, -0.15) is 0 Å². The highest BCUT2D eigenvalue weighted by atomic mass is 79.9. The molecule has 6 heteroatoms. The lowest BCUT2D eigenvalue weighted by molar-refractivity contribution is 0.478.